The van der Waals surface area contributed by atoms with Gasteiger partial charge in [0.25, 0.3) is 0 Å². The van der Waals surface area contributed by atoms with E-state index in [1.807, 2.05) is 35.7 Å². The van der Waals surface area contributed by atoms with Crippen LogP contribution in [-0.2, 0) is 16.4 Å². The zero-order valence-corrected chi connectivity index (χ0v) is 17.4. The number of hydrogen-bond acceptors (Lipinski definition) is 7. The zero-order valence-electron chi connectivity index (χ0n) is 15.8. The summed E-state index contributed by atoms with van der Waals surface area (Å²) in [6.45, 7) is 1.10. The molecule has 0 bridgehead atoms. The third-order valence-electron chi connectivity index (χ3n) is 4.68. The van der Waals surface area contributed by atoms with Crippen LogP contribution in [0.5, 0.6) is 11.5 Å². The Labute approximate surface area is 177 Å². The molecule has 0 saturated carbocycles. The number of ether oxygens (including phenoxy) is 2. The lowest BCUT2D eigenvalue weighted by atomic mass is 10.2. The van der Waals surface area contributed by atoms with Gasteiger partial charge in [0.15, 0.2) is 17.3 Å². The van der Waals surface area contributed by atoms with Crippen molar-refractivity contribution in [3.63, 3.8) is 0 Å². The molecule has 1 N–H and O–H groups in total. The van der Waals surface area contributed by atoms with Gasteiger partial charge in [-0.2, -0.15) is 4.98 Å². The maximum Gasteiger partial charge on any atom is 0.240 e. The van der Waals surface area contributed by atoms with Crippen molar-refractivity contribution < 1.29 is 17.9 Å². The number of rotatable bonds is 6. The molecule has 0 spiro atoms. The molecular weight excluding hydrogens is 424 g/mol. The minimum atomic E-state index is -3.67. The van der Waals surface area contributed by atoms with Crippen molar-refractivity contribution in [2.45, 2.75) is 11.3 Å². The van der Waals surface area contributed by atoms with Crippen LogP contribution in [0, 0.1) is 0 Å². The van der Waals surface area contributed by atoms with Gasteiger partial charge in [0, 0.05) is 30.0 Å². The molecule has 0 amide bonds. The minimum absolute atomic E-state index is 0.148. The van der Waals surface area contributed by atoms with Crippen molar-refractivity contribution >= 4 is 26.3 Å². The molecule has 1 aliphatic heterocycles. The van der Waals surface area contributed by atoms with E-state index < -0.39 is 10.0 Å². The van der Waals surface area contributed by atoms with Crippen LogP contribution < -0.4 is 14.2 Å². The van der Waals surface area contributed by atoms with Crippen LogP contribution >= 0.6 is 11.3 Å². The Balaban J connectivity index is 1.29. The third kappa shape index (κ3) is 3.64. The quantitative estimate of drug-likeness (QED) is 0.493. The van der Waals surface area contributed by atoms with Crippen LogP contribution in [0.2, 0.25) is 0 Å². The van der Waals surface area contributed by atoms with E-state index in [1.165, 1.54) is 23.5 Å². The van der Waals surface area contributed by atoms with Gasteiger partial charge < -0.3 is 9.47 Å². The van der Waals surface area contributed by atoms with E-state index >= 15 is 0 Å². The van der Waals surface area contributed by atoms with E-state index in [2.05, 4.69) is 14.8 Å². The largest absolute Gasteiger partial charge is 0.486 e. The summed E-state index contributed by atoms with van der Waals surface area (Å²) in [5, 5.41) is 6.52. The van der Waals surface area contributed by atoms with Gasteiger partial charge in [-0.15, -0.1) is 16.4 Å². The summed E-state index contributed by atoms with van der Waals surface area (Å²) in [7, 11) is -3.67. The molecule has 0 aliphatic carbocycles. The average Bonchev–Trinajstić information content (AvgIpc) is 3.36. The van der Waals surface area contributed by atoms with Gasteiger partial charge in [-0.05, 0) is 12.1 Å². The summed E-state index contributed by atoms with van der Waals surface area (Å²) in [6.07, 6.45) is 0.487. The molecule has 5 rings (SSSR count). The molecule has 30 heavy (non-hydrogen) atoms. The lowest BCUT2D eigenvalue weighted by Crippen LogP contribution is -2.26. The number of hydrogen-bond donors (Lipinski definition) is 1. The molecule has 10 heteroatoms. The topological polar surface area (TPSA) is 94.8 Å². The maximum atomic E-state index is 12.7. The number of thiazole rings is 1. The summed E-state index contributed by atoms with van der Waals surface area (Å²) < 4.78 is 40.6. The lowest BCUT2D eigenvalue weighted by Gasteiger charge is -2.18. The standard InChI is InChI=1S/C20H18N4O4S2/c25-30(26,16-6-7-17-18(12-16)28-11-10-27-17)21-9-8-15-13-29-20-22-19(23-24(15)20)14-4-2-1-3-5-14/h1-7,12-13,21H,8-11H2. The smallest absolute Gasteiger partial charge is 0.240 e. The molecule has 8 nitrogen and oxygen atoms in total. The van der Waals surface area contributed by atoms with Gasteiger partial charge in [-0.1, -0.05) is 30.3 Å². The van der Waals surface area contributed by atoms with Gasteiger partial charge in [0.05, 0.1) is 10.6 Å². The maximum absolute atomic E-state index is 12.7. The summed E-state index contributed by atoms with van der Waals surface area (Å²) >= 11 is 1.48. The first-order chi connectivity index (χ1) is 14.6. The number of aromatic nitrogens is 3. The molecule has 2 aromatic carbocycles. The number of benzene rings is 2. The Kier molecular flexibility index (Phi) is 4.89. The molecule has 2 aromatic heterocycles. The third-order valence-corrected chi connectivity index (χ3v) is 7.00. The number of nitrogens with one attached hydrogen (secondary N) is 1. The first-order valence-electron chi connectivity index (χ1n) is 9.38. The SMILES string of the molecule is O=S(=O)(NCCc1csc2nc(-c3ccccc3)nn12)c1ccc2c(c1)OCCO2. The van der Waals surface area contributed by atoms with Crippen molar-refractivity contribution in [1.29, 1.82) is 0 Å². The van der Waals surface area contributed by atoms with E-state index in [-0.39, 0.29) is 11.4 Å². The van der Waals surface area contributed by atoms with Crippen LogP contribution in [0.25, 0.3) is 16.3 Å². The van der Waals surface area contributed by atoms with E-state index in [0.717, 1.165) is 16.2 Å². The second-order valence-electron chi connectivity index (χ2n) is 6.68. The normalized spacial score (nSPS) is 13.6. The highest BCUT2D eigenvalue weighted by atomic mass is 32.2. The van der Waals surface area contributed by atoms with Gasteiger partial charge >= 0.3 is 0 Å². The highest BCUT2D eigenvalue weighted by Gasteiger charge is 2.19. The van der Waals surface area contributed by atoms with E-state index in [4.69, 9.17) is 9.47 Å². The predicted molar refractivity (Wildman–Crippen MR) is 113 cm³/mol. The van der Waals surface area contributed by atoms with Crippen LogP contribution in [0.3, 0.4) is 0 Å². The van der Waals surface area contributed by atoms with Crippen molar-refractivity contribution in [2.24, 2.45) is 0 Å². The predicted octanol–water partition coefficient (Wildman–Crippen LogP) is 2.75. The van der Waals surface area contributed by atoms with E-state index in [9.17, 15) is 8.42 Å². The minimum Gasteiger partial charge on any atom is -0.486 e. The fraction of sp³-hybridized carbons (Fsp3) is 0.200. The van der Waals surface area contributed by atoms with Crippen LogP contribution in [0.1, 0.15) is 5.69 Å². The highest BCUT2D eigenvalue weighted by Crippen LogP contribution is 2.32. The number of fused-ring (bicyclic) bond motifs is 2. The molecular formula is C20H18N4O4S2. The summed E-state index contributed by atoms with van der Waals surface area (Å²) in [6, 6.07) is 14.4. The van der Waals surface area contributed by atoms with Gasteiger partial charge in [-0.3, -0.25) is 0 Å². The van der Waals surface area contributed by atoms with E-state index in [0.29, 0.717) is 37.0 Å². The van der Waals surface area contributed by atoms with E-state index in [1.54, 1.807) is 10.6 Å². The molecule has 154 valence electrons. The van der Waals surface area contributed by atoms with Crippen molar-refractivity contribution in [3.8, 4) is 22.9 Å². The Bertz CT molecular complexity index is 1300. The molecule has 0 atom stereocenters. The van der Waals surface area contributed by atoms with Crippen LogP contribution in [-0.4, -0.2) is 42.8 Å². The van der Waals surface area contributed by atoms with Gasteiger partial charge in [0.2, 0.25) is 15.0 Å². The second kappa shape index (κ2) is 7.71. The van der Waals surface area contributed by atoms with Crippen molar-refractivity contribution in [1.82, 2.24) is 19.3 Å². The number of sulfonamides is 1. The molecule has 1 aliphatic rings. The van der Waals surface area contributed by atoms with Crippen LogP contribution in [0.4, 0.5) is 0 Å². The first-order valence-corrected chi connectivity index (χ1v) is 11.7. The Hall–Kier alpha value is -2.95. The van der Waals surface area contributed by atoms with Gasteiger partial charge in [-0.25, -0.2) is 17.7 Å². The van der Waals surface area contributed by atoms with Crippen molar-refractivity contribution in [3.05, 3.63) is 59.6 Å². The molecule has 0 radical (unpaired) electrons. The molecule has 0 unspecified atom stereocenters. The molecule has 4 aromatic rings. The lowest BCUT2D eigenvalue weighted by molar-refractivity contribution is 0.171. The fourth-order valence-corrected chi connectivity index (χ4v) is 5.10. The number of nitrogens with zero attached hydrogens (tertiary/aromatic N) is 3. The Morgan fingerprint density at radius 1 is 1.07 bits per heavy atom. The fourth-order valence-electron chi connectivity index (χ4n) is 3.19. The first kappa shape index (κ1) is 19.0. The highest BCUT2D eigenvalue weighted by molar-refractivity contribution is 7.89. The summed E-state index contributed by atoms with van der Waals surface area (Å²) in [5.41, 5.74) is 1.84. The summed E-state index contributed by atoms with van der Waals surface area (Å²) in [5.74, 6) is 1.65. The Morgan fingerprint density at radius 3 is 2.70 bits per heavy atom. The van der Waals surface area contributed by atoms with Crippen molar-refractivity contribution in [2.75, 3.05) is 19.8 Å². The molecule has 3 heterocycles. The Morgan fingerprint density at radius 2 is 1.87 bits per heavy atom. The monoisotopic (exact) mass is 442 g/mol. The molecule has 0 fully saturated rings. The molecule has 0 saturated heterocycles. The average molecular weight is 443 g/mol. The van der Waals surface area contributed by atoms with Crippen LogP contribution in [0.15, 0.2) is 58.8 Å². The van der Waals surface area contributed by atoms with Gasteiger partial charge in [0.1, 0.15) is 13.2 Å². The second-order valence-corrected chi connectivity index (χ2v) is 9.28. The summed E-state index contributed by atoms with van der Waals surface area (Å²) in [4.78, 5) is 5.48. The zero-order chi connectivity index (χ0) is 20.6.